The number of halogens is 3. The SMILES string of the molecule is CC.CC.CC1(O)CCC(C(F)(F)F)CC1. The fraction of sp³-hybridized carbons (Fsp3) is 1.00. The Morgan fingerprint density at radius 3 is 1.56 bits per heavy atom. The number of aliphatic hydroxyl groups is 1. The Kier molecular flexibility index (Phi) is 8.99. The Bertz CT molecular complexity index is 154. The summed E-state index contributed by atoms with van der Waals surface area (Å²) >= 11 is 0. The van der Waals surface area contributed by atoms with E-state index in [1.807, 2.05) is 27.7 Å². The van der Waals surface area contributed by atoms with Gasteiger partial charge in [0.25, 0.3) is 0 Å². The first kappa shape index (κ1) is 18.1. The minimum Gasteiger partial charge on any atom is -0.390 e. The fourth-order valence-electron chi connectivity index (χ4n) is 1.57. The van der Waals surface area contributed by atoms with Gasteiger partial charge in [0.05, 0.1) is 11.5 Å². The molecule has 16 heavy (non-hydrogen) atoms. The Balaban J connectivity index is 0. The summed E-state index contributed by atoms with van der Waals surface area (Å²) in [5.41, 5.74) is -0.873. The van der Waals surface area contributed by atoms with E-state index in [4.69, 9.17) is 0 Å². The van der Waals surface area contributed by atoms with Crippen molar-refractivity contribution in [3.63, 3.8) is 0 Å². The molecule has 1 fully saturated rings. The van der Waals surface area contributed by atoms with Gasteiger partial charge in [0.2, 0.25) is 0 Å². The van der Waals surface area contributed by atoms with E-state index in [1.165, 1.54) is 0 Å². The molecule has 0 aliphatic heterocycles. The number of hydrogen-bond donors (Lipinski definition) is 1. The van der Waals surface area contributed by atoms with Gasteiger partial charge in [0.15, 0.2) is 0 Å². The summed E-state index contributed by atoms with van der Waals surface area (Å²) in [4.78, 5) is 0. The van der Waals surface area contributed by atoms with Crippen molar-refractivity contribution in [3.05, 3.63) is 0 Å². The first-order valence-corrected chi connectivity index (χ1v) is 6.10. The molecule has 0 unspecified atom stereocenters. The molecular formula is C12H25F3O. The lowest BCUT2D eigenvalue weighted by molar-refractivity contribution is -0.191. The van der Waals surface area contributed by atoms with Crippen LogP contribution in [0.2, 0.25) is 0 Å². The van der Waals surface area contributed by atoms with Crippen LogP contribution in [0.3, 0.4) is 0 Å². The molecule has 1 rings (SSSR count). The molecule has 0 heterocycles. The second-order valence-corrected chi connectivity index (χ2v) is 3.81. The van der Waals surface area contributed by atoms with Crippen LogP contribution >= 0.6 is 0 Å². The van der Waals surface area contributed by atoms with Gasteiger partial charge in [-0.3, -0.25) is 0 Å². The second kappa shape index (κ2) is 7.93. The maximum absolute atomic E-state index is 12.1. The standard InChI is InChI=1S/C8H13F3O.2C2H6/c1-7(12)4-2-6(3-5-7)8(9,10)11;2*1-2/h6,12H,2-5H2,1H3;2*1-2H3. The maximum atomic E-state index is 12.1. The van der Waals surface area contributed by atoms with Gasteiger partial charge in [0, 0.05) is 0 Å². The summed E-state index contributed by atoms with van der Waals surface area (Å²) in [6.07, 6.45) is -3.42. The Morgan fingerprint density at radius 1 is 1.00 bits per heavy atom. The van der Waals surface area contributed by atoms with Crippen LogP contribution < -0.4 is 0 Å². The zero-order valence-electron chi connectivity index (χ0n) is 11.0. The van der Waals surface area contributed by atoms with Crippen molar-refractivity contribution in [2.75, 3.05) is 0 Å². The molecular weight excluding hydrogens is 217 g/mol. The third-order valence-corrected chi connectivity index (χ3v) is 2.53. The van der Waals surface area contributed by atoms with Crippen molar-refractivity contribution in [2.45, 2.75) is 72.1 Å². The lowest BCUT2D eigenvalue weighted by atomic mass is 9.80. The first-order valence-electron chi connectivity index (χ1n) is 6.10. The van der Waals surface area contributed by atoms with Crippen molar-refractivity contribution < 1.29 is 18.3 Å². The molecule has 0 bridgehead atoms. The third kappa shape index (κ3) is 7.09. The van der Waals surface area contributed by atoms with Crippen molar-refractivity contribution in [1.82, 2.24) is 0 Å². The average Bonchev–Trinajstić information content (AvgIpc) is 2.22. The molecule has 0 saturated heterocycles. The molecule has 1 aliphatic rings. The van der Waals surface area contributed by atoms with E-state index in [-0.39, 0.29) is 25.7 Å². The van der Waals surface area contributed by atoms with Crippen LogP contribution in [0.5, 0.6) is 0 Å². The van der Waals surface area contributed by atoms with Crippen LogP contribution in [0.1, 0.15) is 60.3 Å². The molecule has 0 aromatic rings. The smallest absolute Gasteiger partial charge is 0.390 e. The lowest BCUT2D eigenvalue weighted by Gasteiger charge is -2.33. The molecule has 1 nitrogen and oxygen atoms in total. The summed E-state index contributed by atoms with van der Waals surface area (Å²) < 4.78 is 36.3. The Labute approximate surface area is 97.1 Å². The van der Waals surface area contributed by atoms with E-state index in [0.717, 1.165) is 0 Å². The van der Waals surface area contributed by atoms with Crippen LogP contribution in [-0.4, -0.2) is 16.9 Å². The number of rotatable bonds is 0. The van der Waals surface area contributed by atoms with Crippen molar-refractivity contribution in [3.8, 4) is 0 Å². The van der Waals surface area contributed by atoms with Gasteiger partial charge < -0.3 is 5.11 Å². The van der Waals surface area contributed by atoms with E-state index in [2.05, 4.69) is 0 Å². The minimum absolute atomic E-state index is 0.0660. The average molecular weight is 242 g/mol. The molecule has 0 atom stereocenters. The summed E-state index contributed by atoms with van der Waals surface area (Å²) in [6, 6.07) is 0. The molecule has 0 aromatic heterocycles. The molecule has 0 spiro atoms. The highest BCUT2D eigenvalue weighted by Gasteiger charge is 2.43. The molecule has 0 radical (unpaired) electrons. The van der Waals surface area contributed by atoms with Crippen LogP contribution in [0.25, 0.3) is 0 Å². The van der Waals surface area contributed by atoms with Gasteiger partial charge in [-0.1, -0.05) is 27.7 Å². The first-order chi connectivity index (χ1) is 7.31. The fourth-order valence-corrected chi connectivity index (χ4v) is 1.57. The molecule has 4 heteroatoms. The van der Waals surface area contributed by atoms with Crippen molar-refractivity contribution in [2.24, 2.45) is 5.92 Å². The topological polar surface area (TPSA) is 20.2 Å². The van der Waals surface area contributed by atoms with Crippen LogP contribution in [0.4, 0.5) is 13.2 Å². The van der Waals surface area contributed by atoms with Gasteiger partial charge in [-0.25, -0.2) is 0 Å². The summed E-state index contributed by atoms with van der Waals surface area (Å²) in [7, 11) is 0. The summed E-state index contributed by atoms with van der Waals surface area (Å²) in [5.74, 6) is -1.20. The predicted octanol–water partition coefficient (Wildman–Crippen LogP) is 4.54. The van der Waals surface area contributed by atoms with Crippen LogP contribution in [0.15, 0.2) is 0 Å². The zero-order valence-corrected chi connectivity index (χ0v) is 11.0. The lowest BCUT2D eigenvalue weighted by Crippen LogP contribution is -2.35. The number of hydrogen-bond acceptors (Lipinski definition) is 1. The monoisotopic (exact) mass is 242 g/mol. The van der Waals surface area contributed by atoms with Crippen LogP contribution in [-0.2, 0) is 0 Å². The van der Waals surface area contributed by atoms with Crippen LogP contribution in [0, 0.1) is 5.92 Å². The molecule has 0 amide bonds. The second-order valence-electron chi connectivity index (χ2n) is 3.81. The van der Waals surface area contributed by atoms with Gasteiger partial charge in [-0.15, -0.1) is 0 Å². The molecule has 100 valence electrons. The molecule has 0 aromatic carbocycles. The Hall–Kier alpha value is -0.250. The van der Waals surface area contributed by atoms with Crippen molar-refractivity contribution in [1.29, 1.82) is 0 Å². The van der Waals surface area contributed by atoms with E-state index >= 15 is 0 Å². The quantitative estimate of drug-likeness (QED) is 0.661. The van der Waals surface area contributed by atoms with Gasteiger partial charge >= 0.3 is 6.18 Å². The Morgan fingerprint density at radius 2 is 1.31 bits per heavy atom. The third-order valence-electron chi connectivity index (χ3n) is 2.53. The minimum atomic E-state index is -4.07. The molecule has 1 aliphatic carbocycles. The highest BCUT2D eigenvalue weighted by molar-refractivity contribution is 4.83. The summed E-state index contributed by atoms with van der Waals surface area (Å²) in [6.45, 7) is 9.60. The zero-order chi connectivity index (χ0) is 13.4. The van der Waals surface area contributed by atoms with Gasteiger partial charge in [-0.2, -0.15) is 13.2 Å². The van der Waals surface area contributed by atoms with Crippen molar-refractivity contribution >= 4 is 0 Å². The molecule has 1 saturated carbocycles. The highest BCUT2D eigenvalue weighted by Crippen LogP contribution is 2.40. The normalized spacial score (nSPS) is 29.4. The number of alkyl halides is 3. The largest absolute Gasteiger partial charge is 0.391 e. The molecule has 1 N–H and O–H groups in total. The van der Waals surface area contributed by atoms with Gasteiger partial charge in [-0.05, 0) is 32.6 Å². The highest BCUT2D eigenvalue weighted by atomic mass is 19.4. The summed E-state index contributed by atoms with van der Waals surface area (Å²) in [5, 5.41) is 9.39. The van der Waals surface area contributed by atoms with E-state index in [0.29, 0.717) is 0 Å². The van der Waals surface area contributed by atoms with E-state index in [1.54, 1.807) is 6.92 Å². The van der Waals surface area contributed by atoms with E-state index in [9.17, 15) is 18.3 Å². The van der Waals surface area contributed by atoms with Gasteiger partial charge in [0.1, 0.15) is 0 Å². The maximum Gasteiger partial charge on any atom is 0.391 e. The predicted molar refractivity (Wildman–Crippen MR) is 61.3 cm³/mol. The van der Waals surface area contributed by atoms with E-state index < -0.39 is 17.7 Å².